The third-order valence-electron chi connectivity index (χ3n) is 2.07. The summed E-state index contributed by atoms with van der Waals surface area (Å²) in [6.45, 7) is 1.94. The van der Waals surface area contributed by atoms with Crippen LogP contribution in [0.3, 0.4) is 0 Å². The first kappa shape index (κ1) is 13.2. The van der Waals surface area contributed by atoms with Crippen molar-refractivity contribution in [3.63, 3.8) is 0 Å². The summed E-state index contributed by atoms with van der Waals surface area (Å²) in [6.07, 6.45) is 0.00757. The number of halogens is 1. The molecule has 0 amide bonds. The summed E-state index contributed by atoms with van der Waals surface area (Å²) < 4.78 is 6.10. The molecule has 1 atom stereocenters. The Bertz CT molecular complexity index is 378. The fourth-order valence-electron chi connectivity index (χ4n) is 1.10. The molecule has 0 aromatic heterocycles. The summed E-state index contributed by atoms with van der Waals surface area (Å²) in [5.74, 6) is -0.736. The van der Waals surface area contributed by atoms with Crippen molar-refractivity contribution in [3.8, 4) is 5.75 Å². The van der Waals surface area contributed by atoms with Gasteiger partial charge in [-0.25, -0.2) is 4.79 Å². The first-order valence-electron chi connectivity index (χ1n) is 4.88. The topological polar surface area (TPSA) is 66.8 Å². The monoisotopic (exact) mass is 336 g/mol. The van der Waals surface area contributed by atoms with Gasteiger partial charge in [0.15, 0.2) is 0 Å². The fraction of sp³-hybridized carbons (Fsp3) is 0.364. The molecule has 1 unspecified atom stereocenters. The maximum absolute atomic E-state index is 10.9. The Balaban J connectivity index is 2.82. The van der Waals surface area contributed by atoms with Gasteiger partial charge in [-0.05, 0) is 47.2 Å². The molecule has 1 aromatic carbocycles. The maximum Gasteiger partial charge on any atom is 0.339 e. The van der Waals surface area contributed by atoms with Crippen LogP contribution in [0.1, 0.15) is 23.7 Å². The fourth-order valence-corrected chi connectivity index (χ4v) is 1.59. The number of ether oxygens (including phenoxy) is 1. The quantitative estimate of drug-likeness (QED) is 0.809. The smallest absolute Gasteiger partial charge is 0.339 e. The third kappa shape index (κ3) is 3.64. The first-order valence-corrected chi connectivity index (χ1v) is 5.96. The maximum atomic E-state index is 10.9. The van der Waals surface area contributed by atoms with E-state index in [2.05, 4.69) is 0 Å². The number of carbonyl (C=O) groups is 1. The normalized spacial score (nSPS) is 12.2. The van der Waals surface area contributed by atoms with E-state index in [0.717, 1.165) is 3.57 Å². The van der Waals surface area contributed by atoms with Gasteiger partial charge in [0.1, 0.15) is 17.9 Å². The molecule has 2 N–H and O–H groups in total. The van der Waals surface area contributed by atoms with Crippen molar-refractivity contribution in [1.29, 1.82) is 0 Å². The van der Waals surface area contributed by atoms with Crippen molar-refractivity contribution in [1.82, 2.24) is 0 Å². The molecule has 0 aliphatic carbocycles. The highest BCUT2D eigenvalue weighted by Gasteiger charge is 2.12. The Kier molecular flexibility index (Phi) is 5.01. The molecule has 88 valence electrons. The van der Waals surface area contributed by atoms with Gasteiger partial charge in [0.05, 0.1) is 6.10 Å². The van der Waals surface area contributed by atoms with Crippen LogP contribution in [-0.4, -0.2) is 28.9 Å². The van der Waals surface area contributed by atoms with Crippen molar-refractivity contribution < 1.29 is 19.7 Å². The minimum atomic E-state index is -1.03. The van der Waals surface area contributed by atoms with Gasteiger partial charge in [0.2, 0.25) is 0 Å². The number of hydrogen-bond donors (Lipinski definition) is 2. The Labute approximate surface area is 107 Å². The number of carboxylic acids is 1. The number of carboxylic acid groups (broad SMARTS) is 1. The highest BCUT2D eigenvalue weighted by molar-refractivity contribution is 14.1. The van der Waals surface area contributed by atoms with Crippen molar-refractivity contribution in [3.05, 3.63) is 27.3 Å². The molecule has 16 heavy (non-hydrogen) atoms. The molecule has 0 aliphatic heterocycles. The Morgan fingerprint density at radius 1 is 1.56 bits per heavy atom. The predicted octanol–water partition coefficient (Wildman–Crippen LogP) is 2.14. The summed E-state index contributed by atoms with van der Waals surface area (Å²) in [5.41, 5.74) is 0.121. The average molecular weight is 336 g/mol. The number of benzene rings is 1. The standard InChI is InChI=1S/C11H13IO4/c1-2-8(13)6-16-10-4-3-7(12)5-9(10)11(14)15/h3-5,8,13H,2,6H2,1H3,(H,14,15). The summed E-state index contributed by atoms with van der Waals surface area (Å²) in [6, 6.07) is 4.91. The third-order valence-corrected chi connectivity index (χ3v) is 2.75. The lowest BCUT2D eigenvalue weighted by atomic mass is 10.2. The summed E-state index contributed by atoms with van der Waals surface area (Å²) >= 11 is 2.04. The molecule has 4 nitrogen and oxygen atoms in total. The van der Waals surface area contributed by atoms with Gasteiger partial charge in [-0.15, -0.1) is 0 Å². The van der Waals surface area contributed by atoms with Crippen molar-refractivity contribution in [2.24, 2.45) is 0 Å². The van der Waals surface area contributed by atoms with Crippen LogP contribution >= 0.6 is 22.6 Å². The second-order valence-electron chi connectivity index (χ2n) is 3.32. The van der Waals surface area contributed by atoms with E-state index in [0.29, 0.717) is 12.2 Å². The largest absolute Gasteiger partial charge is 0.490 e. The van der Waals surface area contributed by atoms with E-state index in [4.69, 9.17) is 9.84 Å². The van der Waals surface area contributed by atoms with Crippen LogP contribution in [0.25, 0.3) is 0 Å². The lowest BCUT2D eigenvalue weighted by molar-refractivity contribution is 0.0682. The predicted molar refractivity (Wildman–Crippen MR) is 67.9 cm³/mol. The molecule has 0 heterocycles. The molecule has 0 bridgehead atoms. The Morgan fingerprint density at radius 2 is 2.25 bits per heavy atom. The number of aromatic carboxylic acids is 1. The molecule has 1 rings (SSSR count). The van der Waals surface area contributed by atoms with Crippen LogP contribution in [0, 0.1) is 3.57 Å². The number of hydrogen-bond acceptors (Lipinski definition) is 3. The Morgan fingerprint density at radius 3 is 2.81 bits per heavy atom. The molecule has 5 heteroatoms. The number of aliphatic hydroxyl groups is 1. The lowest BCUT2D eigenvalue weighted by Gasteiger charge is -2.12. The van der Waals surface area contributed by atoms with Crippen molar-refractivity contribution in [2.75, 3.05) is 6.61 Å². The van der Waals surface area contributed by atoms with Gasteiger partial charge >= 0.3 is 5.97 Å². The molecular formula is C11H13IO4. The van der Waals surface area contributed by atoms with Gasteiger partial charge in [0, 0.05) is 3.57 Å². The van der Waals surface area contributed by atoms with Crippen LogP contribution in [-0.2, 0) is 0 Å². The molecule has 0 saturated heterocycles. The summed E-state index contributed by atoms with van der Waals surface area (Å²) in [5, 5.41) is 18.3. The highest BCUT2D eigenvalue weighted by Crippen LogP contribution is 2.21. The second kappa shape index (κ2) is 6.05. The van der Waals surface area contributed by atoms with Gasteiger partial charge in [-0.3, -0.25) is 0 Å². The molecule has 0 radical (unpaired) electrons. The molecule has 0 spiro atoms. The van der Waals surface area contributed by atoms with E-state index in [1.165, 1.54) is 6.07 Å². The average Bonchev–Trinajstić information content (AvgIpc) is 2.26. The van der Waals surface area contributed by atoms with E-state index in [9.17, 15) is 9.90 Å². The van der Waals surface area contributed by atoms with E-state index in [1.807, 2.05) is 29.5 Å². The van der Waals surface area contributed by atoms with Crippen LogP contribution < -0.4 is 4.74 Å². The summed E-state index contributed by atoms with van der Waals surface area (Å²) in [7, 11) is 0. The number of aliphatic hydroxyl groups excluding tert-OH is 1. The molecule has 0 aliphatic rings. The van der Waals surface area contributed by atoms with Gasteiger partial charge < -0.3 is 14.9 Å². The second-order valence-corrected chi connectivity index (χ2v) is 4.56. The van der Waals surface area contributed by atoms with Crippen LogP contribution in [0.2, 0.25) is 0 Å². The highest BCUT2D eigenvalue weighted by atomic mass is 127. The van der Waals surface area contributed by atoms with Crippen molar-refractivity contribution >= 4 is 28.6 Å². The zero-order valence-electron chi connectivity index (χ0n) is 8.81. The summed E-state index contributed by atoms with van der Waals surface area (Å²) in [4.78, 5) is 10.9. The lowest BCUT2D eigenvalue weighted by Crippen LogP contribution is -2.17. The minimum Gasteiger partial charge on any atom is -0.490 e. The molecule has 1 aromatic rings. The van der Waals surface area contributed by atoms with Crippen LogP contribution in [0.5, 0.6) is 5.75 Å². The van der Waals surface area contributed by atoms with Gasteiger partial charge in [0.25, 0.3) is 0 Å². The van der Waals surface area contributed by atoms with E-state index in [1.54, 1.807) is 12.1 Å². The first-order chi connectivity index (χ1) is 7.54. The zero-order valence-corrected chi connectivity index (χ0v) is 11.0. The zero-order chi connectivity index (χ0) is 12.1. The number of rotatable bonds is 5. The minimum absolute atomic E-state index is 0.109. The van der Waals surface area contributed by atoms with E-state index >= 15 is 0 Å². The molecule has 0 saturated carbocycles. The SMILES string of the molecule is CCC(O)COc1ccc(I)cc1C(=O)O. The van der Waals surface area contributed by atoms with Gasteiger partial charge in [-0.1, -0.05) is 6.92 Å². The molecule has 0 fully saturated rings. The van der Waals surface area contributed by atoms with E-state index in [-0.39, 0.29) is 12.2 Å². The van der Waals surface area contributed by atoms with Gasteiger partial charge in [-0.2, -0.15) is 0 Å². The van der Waals surface area contributed by atoms with Crippen LogP contribution in [0.4, 0.5) is 0 Å². The van der Waals surface area contributed by atoms with E-state index < -0.39 is 12.1 Å². The Hall–Kier alpha value is -0.820. The van der Waals surface area contributed by atoms with Crippen molar-refractivity contribution in [2.45, 2.75) is 19.4 Å². The molecular weight excluding hydrogens is 323 g/mol. The van der Waals surface area contributed by atoms with Crippen LogP contribution in [0.15, 0.2) is 18.2 Å².